The molecule has 0 unspecified atom stereocenters. The number of pyridine rings is 3. The molecule has 0 fully saturated rings. The Morgan fingerprint density at radius 3 is 0.911 bits per heavy atom. The molecule has 4 rings (SSSR count). The Kier molecular flexibility index (Phi) is 19.7. The highest BCUT2D eigenvalue weighted by Crippen LogP contribution is 2.09. The van der Waals surface area contributed by atoms with E-state index in [1.165, 1.54) is 16.7 Å². The van der Waals surface area contributed by atoms with Crippen LogP contribution in [-0.2, 0) is 19.6 Å². The van der Waals surface area contributed by atoms with Crippen LogP contribution in [-0.4, -0.2) is 0 Å². The van der Waals surface area contributed by atoms with Crippen LogP contribution in [0.2, 0.25) is 0 Å². The summed E-state index contributed by atoms with van der Waals surface area (Å²) in [5, 5.41) is 0. The molecule has 0 amide bonds. The van der Waals surface area contributed by atoms with E-state index in [0.29, 0.717) is 0 Å². The summed E-state index contributed by atoms with van der Waals surface area (Å²) in [6, 6.07) is 19.2. The van der Waals surface area contributed by atoms with Crippen molar-refractivity contribution in [2.75, 3.05) is 0 Å². The van der Waals surface area contributed by atoms with Crippen molar-refractivity contribution < 1.29 is 64.6 Å². The summed E-state index contributed by atoms with van der Waals surface area (Å²) < 4.78 is 6.65. The number of aromatic nitrogens is 3. The Morgan fingerprint density at radius 2 is 0.667 bits per heavy atom. The predicted octanol–water partition coefficient (Wildman–Crippen LogP) is -3.02. The summed E-state index contributed by atoms with van der Waals surface area (Å²) in [6.07, 6.45) is 18.4. The third kappa shape index (κ3) is 15.6. The van der Waals surface area contributed by atoms with Crippen molar-refractivity contribution in [3.8, 4) is 35.5 Å². The average Bonchev–Trinajstić information content (AvgIpc) is 2.99. The van der Waals surface area contributed by atoms with Crippen LogP contribution in [0.4, 0.5) is 0 Å². The van der Waals surface area contributed by atoms with Gasteiger partial charge in [-0.25, -0.2) is 13.7 Å². The third-order valence-corrected chi connectivity index (χ3v) is 6.96. The maximum atomic E-state index is 3.37. The van der Waals surface area contributed by atoms with Crippen LogP contribution in [0.1, 0.15) is 71.9 Å². The topological polar surface area (TPSA) is 11.6 Å². The lowest BCUT2D eigenvalue weighted by Crippen LogP contribution is -3.00. The molecule has 0 aliphatic rings. The first kappa shape index (κ1) is 39.8. The van der Waals surface area contributed by atoms with Crippen molar-refractivity contribution in [3.63, 3.8) is 0 Å². The fourth-order valence-corrected chi connectivity index (χ4v) is 4.43. The molecule has 0 radical (unpaired) electrons. The van der Waals surface area contributed by atoms with Gasteiger partial charge in [0.2, 0.25) is 0 Å². The summed E-state index contributed by atoms with van der Waals surface area (Å²) in [5.41, 5.74) is 6.80. The highest BCUT2D eigenvalue weighted by atomic mass is 79.9. The minimum absolute atomic E-state index is 0. The Hall–Kier alpha value is -3.21. The molecule has 0 N–H and O–H groups in total. The van der Waals surface area contributed by atoms with E-state index in [1.807, 2.05) is 0 Å². The molecule has 3 nitrogen and oxygen atoms in total. The van der Waals surface area contributed by atoms with Crippen LogP contribution < -0.4 is 64.6 Å². The monoisotopic (exact) mass is 789 g/mol. The molecule has 3 aromatic heterocycles. The minimum Gasteiger partial charge on any atom is -1.00 e. The van der Waals surface area contributed by atoms with Gasteiger partial charge in [0.1, 0.15) is 19.6 Å². The third-order valence-electron chi connectivity index (χ3n) is 6.96. The lowest BCUT2D eigenvalue weighted by molar-refractivity contribution is -0.697. The molecule has 234 valence electrons. The number of halogens is 3. The van der Waals surface area contributed by atoms with E-state index in [2.05, 4.69) is 162 Å². The molecule has 4 aromatic rings. The van der Waals surface area contributed by atoms with Crippen LogP contribution >= 0.6 is 0 Å². The maximum absolute atomic E-state index is 3.37. The lowest BCUT2D eigenvalue weighted by Gasteiger charge is -1.98. The second kappa shape index (κ2) is 22.3. The van der Waals surface area contributed by atoms with Gasteiger partial charge >= 0.3 is 0 Å². The van der Waals surface area contributed by atoms with Crippen molar-refractivity contribution in [1.82, 2.24) is 0 Å². The molecule has 0 aliphatic heterocycles. The number of benzene rings is 1. The smallest absolute Gasteiger partial charge is 0.169 e. The standard InChI is InChI=1S/C39H42N3.3BrH/c1-34-16-25-40(26-17-34)22-10-4-7-13-37-31-38(14-8-5-11-23-41-27-18-35(2)19-28-41)33-39(32-37)15-9-6-12-24-42-29-20-36(3)21-30-42;;;/h16-21,25-33H,4-6,10-12,22-24H2,1-3H3;3*1H/q+3;;;/p-3. The molecule has 0 bridgehead atoms. The van der Waals surface area contributed by atoms with Gasteiger partial charge in [-0.2, -0.15) is 0 Å². The van der Waals surface area contributed by atoms with E-state index < -0.39 is 0 Å². The van der Waals surface area contributed by atoms with Crippen molar-refractivity contribution in [2.24, 2.45) is 0 Å². The van der Waals surface area contributed by atoms with Gasteiger partial charge < -0.3 is 50.9 Å². The van der Waals surface area contributed by atoms with Crippen LogP contribution in [0.5, 0.6) is 0 Å². The number of nitrogens with zero attached hydrogens (tertiary/aromatic N) is 3. The van der Waals surface area contributed by atoms with Crippen molar-refractivity contribution in [1.29, 1.82) is 0 Å². The van der Waals surface area contributed by atoms with Crippen molar-refractivity contribution in [3.05, 3.63) is 125 Å². The fraction of sp³-hybridized carbons (Fsp3) is 0.308. The summed E-state index contributed by atoms with van der Waals surface area (Å²) >= 11 is 0. The van der Waals surface area contributed by atoms with Crippen molar-refractivity contribution in [2.45, 2.75) is 78.9 Å². The molecule has 0 aliphatic carbocycles. The van der Waals surface area contributed by atoms with Gasteiger partial charge in [-0.1, -0.05) is 35.5 Å². The van der Waals surface area contributed by atoms with Gasteiger partial charge in [0, 0.05) is 91.6 Å². The van der Waals surface area contributed by atoms with E-state index in [9.17, 15) is 0 Å². The molecule has 6 heteroatoms. The molecule has 0 saturated heterocycles. The van der Waals surface area contributed by atoms with Gasteiger partial charge in [0.05, 0.1) is 0 Å². The Morgan fingerprint density at radius 1 is 0.422 bits per heavy atom. The summed E-state index contributed by atoms with van der Waals surface area (Å²) in [5.74, 6) is 20.2. The summed E-state index contributed by atoms with van der Waals surface area (Å²) in [7, 11) is 0. The molecule has 3 heterocycles. The second-order valence-electron chi connectivity index (χ2n) is 10.9. The van der Waals surface area contributed by atoms with Gasteiger partial charge in [-0.3, -0.25) is 0 Å². The van der Waals surface area contributed by atoms with Gasteiger partial charge in [-0.15, -0.1) is 0 Å². The Balaban J connectivity index is 0.00000337. The second-order valence-corrected chi connectivity index (χ2v) is 10.9. The first-order chi connectivity index (χ1) is 20.5. The summed E-state index contributed by atoms with van der Waals surface area (Å²) in [4.78, 5) is 0. The van der Waals surface area contributed by atoms with Crippen molar-refractivity contribution >= 4 is 0 Å². The van der Waals surface area contributed by atoms with Crippen LogP contribution in [0, 0.1) is 56.3 Å². The quantitative estimate of drug-likeness (QED) is 0.0974. The molecule has 1 aromatic carbocycles. The zero-order chi connectivity index (χ0) is 29.4. The lowest BCUT2D eigenvalue weighted by atomic mass is 10.1. The highest BCUT2D eigenvalue weighted by Gasteiger charge is 2.01. The van der Waals surface area contributed by atoms with Gasteiger partial charge in [0.15, 0.2) is 37.2 Å². The maximum Gasteiger partial charge on any atom is 0.169 e. The Labute approximate surface area is 302 Å². The van der Waals surface area contributed by atoms with E-state index in [4.69, 9.17) is 0 Å². The number of hydrogen-bond acceptors (Lipinski definition) is 0. The van der Waals surface area contributed by atoms with Gasteiger partial charge in [-0.05, 0) is 55.7 Å². The summed E-state index contributed by atoms with van der Waals surface area (Å²) in [6.45, 7) is 9.25. The van der Waals surface area contributed by atoms with E-state index in [-0.39, 0.29) is 50.9 Å². The molecule has 0 atom stereocenters. The average molecular weight is 792 g/mol. The van der Waals surface area contributed by atoms with E-state index in [1.54, 1.807) is 0 Å². The highest BCUT2D eigenvalue weighted by molar-refractivity contribution is 5.51. The number of aryl methyl sites for hydroxylation is 6. The first-order valence-electron chi connectivity index (χ1n) is 15.0. The molecule has 0 spiro atoms. The Bertz CT molecular complexity index is 1420. The van der Waals surface area contributed by atoms with E-state index >= 15 is 0 Å². The normalized spacial score (nSPS) is 9.40. The zero-order valence-corrected chi connectivity index (χ0v) is 31.3. The molecular weight excluding hydrogens is 750 g/mol. The van der Waals surface area contributed by atoms with Crippen LogP contribution in [0.3, 0.4) is 0 Å². The fourth-order valence-electron chi connectivity index (χ4n) is 4.43. The van der Waals surface area contributed by atoms with Crippen LogP contribution in [0.15, 0.2) is 91.8 Å². The molecule has 0 saturated carbocycles. The molecular formula is C39H42Br3N3. The number of unbranched alkanes of at least 4 members (excludes halogenated alkanes) is 3. The van der Waals surface area contributed by atoms with E-state index in [0.717, 1.165) is 74.8 Å². The number of hydrogen-bond donors (Lipinski definition) is 0. The SMILES string of the molecule is Cc1cc[n+](CCCC#Cc2cc(C#CCCC[n+]3ccc(C)cc3)cc(C#CCCC[n+]3ccc(C)cc3)c2)cc1.[Br-].[Br-].[Br-]. The van der Waals surface area contributed by atoms with Crippen LogP contribution in [0.25, 0.3) is 0 Å². The van der Waals surface area contributed by atoms with Gasteiger partial charge in [0.25, 0.3) is 0 Å². The zero-order valence-electron chi connectivity index (χ0n) is 26.5. The predicted molar refractivity (Wildman–Crippen MR) is 169 cm³/mol. The largest absolute Gasteiger partial charge is 1.00 e. The minimum atomic E-state index is 0. The number of rotatable bonds is 9. The first-order valence-corrected chi connectivity index (χ1v) is 15.0. The molecule has 45 heavy (non-hydrogen) atoms.